The zero-order valence-electron chi connectivity index (χ0n) is 21.8. The first-order valence-corrected chi connectivity index (χ1v) is 14.5. The van der Waals surface area contributed by atoms with E-state index in [1.807, 2.05) is 35.2 Å². The Balaban J connectivity index is 1.17. The molecule has 0 unspecified atom stereocenters. The topological polar surface area (TPSA) is 66.9 Å². The predicted molar refractivity (Wildman–Crippen MR) is 159 cm³/mol. The summed E-state index contributed by atoms with van der Waals surface area (Å²) in [6, 6.07) is 13.2. The lowest BCUT2D eigenvalue weighted by Crippen LogP contribution is -2.47. The number of nitrogens with zero attached hydrogens (tertiary/aromatic N) is 3. The van der Waals surface area contributed by atoms with E-state index in [0.29, 0.717) is 47.3 Å². The molecule has 1 fully saturated rings. The molecule has 1 spiro atoms. The number of hydrogen-bond acceptors (Lipinski definition) is 5. The van der Waals surface area contributed by atoms with Gasteiger partial charge in [0, 0.05) is 37.3 Å². The van der Waals surface area contributed by atoms with Gasteiger partial charge in [0.25, 0.3) is 0 Å². The van der Waals surface area contributed by atoms with Crippen molar-refractivity contribution in [1.29, 1.82) is 0 Å². The van der Waals surface area contributed by atoms with Gasteiger partial charge in [-0.25, -0.2) is 9.78 Å². The molecule has 2 aromatic carbocycles. The fourth-order valence-electron chi connectivity index (χ4n) is 5.75. The molecule has 2 amide bonds. The van der Waals surface area contributed by atoms with Gasteiger partial charge in [-0.3, -0.25) is 9.80 Å². The first-order valence-electron chi connectivity index (χ1n) is 13.3. The fraction of sp³-hybridized carbons (Fsp3) is 0.333. The minimum Gasteiger partial charge on any atom is -0.486 e. The minimum atomic E-state index is -0.146. The highest BCUT2D eigenvalue weighted by Gasteiger charge is 2.47. The van der Waals surface area contributed by atoms with Crippen molar-refractivity contribution in [2.75, 3.05) is 44.3 Å². The Morgan fingerprint density at radius 1 is 1.00 bits per heavy atom. The first kappa shape index (κ1) is 27.2. The highest BCUT2D eigenvalue weighted by Crippen LogP contribution is 2.51. The van der Waals surface area contributed by atoms with Gasteiger partial charge >= 0.3 is 6.03 Å². The van der Waals surface area contributed by atoms with Crippen molar-refractivity contribution in [3.05, 3.63) is 86.6 Å². The number of amides is 2. The summed E-state index contributed by atoms with van der Waals surface area (Å²) in [7, 11) is 0. The lowest BCUT2D eigenvalue weighted by Gasteiger charge is -2.39. The molecule has 0 radical (unpaired) electrons. The fourth-order valence-corrected chi connectivity index (χ4v) is 6.25. The molecule has 3 aliphatic rings. The third kappa shape index (κ3) is 5.61. The monoisotopic (exact) mass is 598 g/mol. The maximum Gasteiger partial charge on any atom is 0.322 e. The van der Waals surface area contributed by atoms with Gasteiger partial charge in [0.15, 0.2) is 11.5 Å². The number of ether oxygens (including phenoxy) is 2. The molecule has 1 aromatic heterocycles. The summed E-state index contributed by atoms with van der Waals surface area (Å²) in [6.45, 7) is 4.68. The second kappa shape index (κ2) is 11.5. The number of halogens is 3. The van der Waals surface area contributed by atoms with Gasteiger partial charge in [0.05, 0.1) is 15.7 Å². The van der Waals surface area contributed by atoms with E-state index in [-0.39, 0.29) is 11.4 Å². The average molecular weight is 600 g/mol. The van der Waals surface area contributed by atoms with E-state index in [9.17, 15) is 4.79 Å². The van der Waals surface area contributed by atoms with Crippen LogP contribution >= 0.6 is 34.8 Å². The summed E-state index contributed by atoms with van der Waals surface area (Å²) in [4.78, 5) is 21.8. The molecule has 7 nitrogen and oxygen atoms in total. The summed E-state index contributed by atoms with van der Waals surface area (Å²) in [5, 5.41) is 4.57. The number of benzene rings is 2. The van der Waals surface area contributed by atoms with Crippen molar-refractivity contribution in [3.63, 3.8) is 0 Å². The number of carbonyl (C=O) groups excluding carboxylic acids is 1. The molecule has 3 aromatic rings. The third-order valence-corrected chi connectivity index (χ3v) is 8.84. The lowest BCUT2D eigenvalue weighted by molar-refractivity contribution is 0.168. The van der Waals surface area contributed by atoms with Gasteiger partial charge < -0.3 is 14.8 Å². The summed E-state index contributed by atoms with van der Waals surface area (Å²) in [6.07, 6.45) is 7.74. The number of pyridine rings is 1. The number of anilines is 1. The van der Waals surface area contributed by atoms with E-state index in [1.54, 1.807) is 12.3 Å². The highest BCUT2D eigenvalue weighted by molar-refractivity contribution is 6.42. The number of urea groups is 1. The second-order valence-electron chi connectivity index (χ2n) is 10.4. The smallest absolute Gasteiger partial charge is 0.322 e. The van der Waals surface area contributed by atoms with Crippen molar-refractivity contribution >= 4 is 52.6 Å². The third-order valence-electron chi connectivity index (χ3n) is 7.89. The van der Waals surface area contributed by atoms with Crippen LogP contribution in [0.2, 0.25) is 15.2 Å². The van der Waals surface area contributed by atoms with E-state index >= 15 is 0 Å². The molecule has 10 heteroatoms. The number of piperidine rings is 1. The quantitative estimate of drug-likeness (QED) is 0.335. The van der Waals surface area contributed by atoms with E-state index in [1.165, 1.54) is 0 Å². The van der Waals surface area contributed by atoms with Crippen LogP contribution in [0.25, 0.3) is 6.08 Å². The summed E-state index contributed by atoms with van der Waals surface area (Å²) >= 11 is 18.2. The number of carbonyl (C=O) groups is 1. The number of aromatic nitrogens is 1. The molecule has 3 aliphatic heterocycles. The number of hydrogen-bond donors (Lipinski definition) is 1. The van der Waals surface area contributed by atoms with E-state index in [2.05, 4.69) is 33.4 Å². The summed E-state index contributed by atoms with van der Waals surface area (Å²) in [5.74, 6) is 1.44. The molecule has 4 heterocycles. The maximum absolute atomic E-state index is 13.5. The zero-order chi connectivity index (χ0) is 27.7. The molecule has 208 valence electrons. The van der Waals surface area contributed by atoms with Crippen LogP contribution in [0.15, 0.2) is 54.7 Å². The molecule has 40 heavy (non-hydrogen) atoms. The van der Waals surface area contributed by atoms with Crippen molar-refractivity contribution in [3.8, 4) is 11.5 Å². The van der Waals surface area contributed by atoms with E-state index in [0.717, 1.165) is 60.6 Å². The highest BCUT2D eigenvalue weighted by atomic mass is 35.5. The standard InChI is InChI=1S/C30H29Cl3N4O3/c31-23-4-3-20(14-24(23)32)2-1-9-36-10-6-30(7-11-36)19-37(29(38)35-18-21-5-8-34-28(33)15-21)25-17-27-26(16-22(25)30)39-12-13-40-27/h1-5,8,14-17H,6-7,9-13,18-19H2,(H,35,38). The molecule has 1 N–H and O–H groups in total. The average Bonchev–Trinajstić information content (AvgIpc) is 3.26. The van der Waals surface area contributed by atoms with Crippen LogP contribution in [0.3, 0.4) is 0 Å². The van der Waals surface area contributed by atoms with E-state index < -0.39 is 0 Å². The van der Waals surface area contributed by atoms with E-state index in [4.69, 9.17) is 44.3 Å². The van der Waals surface area contributed by atoms with Gasteiger partial charge in [0.1, 0.15) is 18.4 Å². The number of fused-ring (bicyclic) bond motifs is 3. The predicted octanol–water partition coefficient (Wildman–Crippen LogP) is 6.59. The van der Waals surface area contributed by atoms with Crippen LogP contribution < -0.4 is 19.7 Å². The van der Waals surface area contributed by atoms with Gasteiger partial charge in [-0.05, 0) is 73.0 Å². The molecular weight excluding hydrogens is 571 g/mol. The normalized spacial score (nSPS) is 17.8. The second-order valence-corrected chi connectivity index (χ2v) is 11.6. The van der Waals surface area contributed by atoms with Crippen molar-refractivity contribution in [2.24, 2.45) is 0 Å². The number of nitrogens with one attached hydrogen (secondary N) is 1. The van der Waals surface area contributed by atoms with Crippen molar-refractivity contribution in [2.45, 2.75) is 24.8 Å². The summed E-state index contributed by atoms with van der Waals surface area (Å²) < 4.78 is 11.8. The number of likely N-dealkylation sites (tertiary alicyclic amines) is 1. The molecule has 1 saturated heterocycles. The first-order chi connectivity index (χ1) is 19.4. The molecule has 0 saturated carbocycles. The van der Waals surface area contributed by atoms with Crippen LogP contribution in [0.5, 0.6) is 11.5 Å². The molecule has 6 rings (SSSR count). The Morgan fingerprint density at radius 3 is 2.52 bits per heavy atom. The van der Waals surface area contributed by atoms with Crippen LogP contribution in [-0.2, 0) is 12.0 Å². The Kier molecular flexibility index (Phi) is 7.82. The summed E-state index contributed by atoms with van der Waals surface area (Å²) in [5.41, 5.74) is 3.82. The molecule has 0 bridgehead atoms. The molecular formula is C30H29Cl3N4O3. The Bertz CT molecular complexity index is 1460. The zero-order valence-corrected chi connectivity index (χ0v) is 24.1. The van der Waals surface area contributed by atoms with Gasteiger partial charge in [0.2, 0.25) is 0 Å². The largest absolute Gasteiger partial charge is 0.486 e. The Morgan fingerprint density at radius 2 is 1.77 bits per heavy atom. The Hall–Kier alpha value is -2.97. The van der Waals surface area contributed by atoms with Crippen LogP contribution in [-0.4, -0.2) is 55.3 Å². The molecule has 0 aliphatic carbocycles. The van der Waals surface area contributed by atoms with Crippen LogP contribution in [0, 0.1) is 0 Å². The maximum atomic E-state index is 13.5. The van der Waals surface area contributed by atoms with Gasteiger partial charge in [-0.2, -0.15) is 0 Å². The minimum absolute atomic E-state index is 0.144. The lowest BCUT2D eigenvalue weighted by atomic mass is 9.74. The van der Waals surface area contributed by atoms with Crippen molar-refractivity contribution in [1.82, 2.24) is 15.2 Å². The van der Waals surface area contributed by atoms with Gasteiger partial charge in [-0.1, -0.05) is 53.0 Å². The number of rotatable bonds is 5. The molecule has 0 atom stereocenters. The Labute approximate surface area is 248 Å². The SMILES string of the molecule is O=C(NCc1ccnc(Cl)c1)N1CC2(CCN(CC=Cc3ccc(Cl)c(Cl)c3)CC2)c2cc3c(cc21)OCCO3. The van der Waals surface area contributed by atoms with Gasteiger partial charge in [-0.15, -0.1) is 0 Å². The van der Waals surface area contributed by atoms with Crippen molar-refractivity contribution < 1.29 is 14.3 Å². The van der Waals surface area contributed by atoms with Crippen LogP contribution in [0.4, 0.5) is 10.5 Å². The van der Waals surface area contributed by atoms with Crippen LogP contribution in [0.1, 0.15) is 29.5 Å².